The number of alkyl carbamates (subject to hydrolysis) is 1. The van der Waals surface area contributed by atoms with Gasteiger partial charge in [-0.3, -0.25) is 4.90 Å². The van der Waals surface area contributed by atoms with Crippen LogP contribution in [0.25, 0.3) is 11.1 Å². The zero-order valence-electron chi connectivity index (χ0n) is 20.9. The lowest BCUT2D eigenvalue weighted by molar-refractivity contribution is -0.0349. The summed E-state index contributed by atoms with van der Waals surface area (Å²) in [6.45, 7) is 11.0. The Hall–Kier alpha value is -2.31. The number of carbonyl (C=O) groups excluding carboxylic acids is 1. The second-order valence-corrected chi connectivity index (χ2v) is 11.6. The average Bonchev–Trinajstić information content (AvgIpc) is 3.04. The van der Waals surface area contributed by atoms with Gasteiger partial charge in [-0.05, 0) is 98.5 Å². The van der Waals surface area contributed by atoms with Crippen LogP contribution in [0.1, 0.15) is 57.7 Å². The minimum absolute atomic E-state index is 0.0408. The molecule has 4 aliphatic rings. The summed E-state index contributed by atoms with van der Waals surface area (Å²) < 4.78 is 27.1. The highest BCUT2D eigenvalue weighted by atomic mass is 35.5. The maximum absolute atomic E-state index is 15.4. The van der Waals surface area contributed by atoms with Crippen molar-refractivity contribution in [1.82, 2.24) is 10.2 Å². The van der Waals surface area contributed by atoms with Gasteiger partial charge in [-0.25, -0.2) is 9.18 Å². The first-order valence-corrected chi connectivity index (χ1v) is 13.0. The van der Waals surface area contributed by atoms with Crippen LogP contribution in [0.15, 0.2) is 30.3 Å². The van der Waals surface area contributed by atoms with E-state index in [0.29, 0.717) is 27.8 Å². The number of nitrogens with zero attached hydrogens (tertiary/aromatic N) is 1. The third-order valence-corrected chi connectivity index (χ3v) is 8.00. The van der Waals surface area contributed by atoms with Crippen LogP contribution in [0, 0.1) is 17.2 Å². The lowest BCUT2D eigenvalue weighted by Crippen LogP contribution is -2.53. The molecular weight excluding hydrogens is 467 g/mol. The fourth-order valence-corrected chi connectivity index (χ4v) is 6.07. The Morgan fingerprint density at radius 3 is 2.60 bits per heavy atom. The van der Waals surface area contributed by atoms with Gasteiger partial charge in [0.25, 0.3) is 0 Å². The van der Waals surface area contributed by atoms with Gasteiger partial charge < -0.3 is 14.8 Å². The summed E-state index contributed by atoms with van der Waals surface area (Å²) in [5, 5.41) is 3.57. The smallest absolute Gasteiger partial charge is 0.407 e. The largest absolute Gasteiger partial charge is 0.489 e. The molecule has 3 heterocycles. The van der Waals surface area contributed by atoms with Crippen LogP contribution in [-0.4, -0.2) is 42.8 Å². The van der Waals surface area contributed by atoms with Gasteiger partial charge in [-0.15, -0.1) is 0 Å². The van der Waals surface area contributed by atoms with Crippen LogP contribution >= 0.6 is 11.6 Å². The molecule has 1 N–H and O–H groups in total. The molecule has 1 aliphatic carbocycles. The summed E-state index contributed by atoms with van der Waals surface area (Å²) in [6, 6.07) is 8.47. The number of hydrogen-bond acceptors (Lipinski definition) is 4. The molecule has 3 saturated heterocycles. The summed E-state index contributed by atoms with van der Waals surface area (Å²) in [5.74, 6) is 0.643. The first-order chi connectivity index (χ1) is 16.6. The van der Waals surface area contributed by atoms with Crippen molar-refractivity contribution < 1.29 is 18.7 Å². The Balaban J connectivity index is 1.37. The van der Waals surface area contributed by atoms with Gasteiger partial charge in [0.2, 0.25) is 0 Å². The van der Waals surface area contributed by atoms with Crippen molar-refractivity contribution >= 4 is 17.7 Å². The predicted molar refractivity (Wildman–Crippen MR) is 135 cm³/mol. The molecule has 0 unspecified atom stereocenters. The van der Waals surface area contributed by atoms with Gasteiger partial charge in [-0.2, -0.15) is 0 Å². The lowest BCUT2D eigenvalue weighted by atomic mass is 9.85. The molecular formula is C28H34ClFN2O3. The third kappa shape index (κ3) is 4.88. The molecule has 2 atom stereocenters. The normalized spacial score (nSPS) is 26.5. The second kappa shape index (κ2) is 9.29. The Labute approximate surface area is 211 Å². The van der Waals surface area contributed by atoms with E-state index in [9.17, 15) is 4.79 Å². The van der Waals surface area contributed by atoms with E-state index in [1.807, 2.05) is 19.9 Å². The SMILES string of the molecule is CC(C)Oc1cc(-c2cc3c(cc2F)[C@H](NC(=O)O[C@@H]2CN4CCC2CC4)C(C)(C)C3)ccc1Cl. The number of nitrogens with one attached hydrogen (secondary N) is 1. The number of ether oxygens (including phenoxy) is 2. The highest BCUT2D eigenvalue weighted by molar-refractivity contribution is 6.32. The van der Waals surface area contributed by atoms with Crippen molar-refractivity contribution in [1.29, 1.82) is 0 Å². The van der Waals surface area contributed by atoms with E-state index in [0.717, 1.165) is 50.0 Å². The van der Waals surface area contributed by atoms with Crippen molar-refractivity contribution in [2.75, 3.05) is 19.6 Å². The van der Waals surface area contributed by atoms with E-state index < -0.39 is 6.09 Å². The van der Waals surface area contributed by atoms with Gasteiger partial charge in [0.1, 0.15) is 17.7 Å². The van der Waals surface area contributed by atoms with E-state index in [4.69, 9.17) is 21.1 Å². The summed E-state index contributed by atoms with van der Waals surface area (Å²) in [5.41, 5.74) is 2.78. The molecule has 1 amide bonds. The number of hydrogen-bond donors (Lipinski definition) is 1. The predicted octanol–water partition coefficient (Wildman–Crippen LogP) is 6.38. The van der Waals surface area contributed by atoms with Crippen LogP contribution in [0.5, 0.6) is 5.75 Å². The van der Waals surface area contributed by atoms with Gasteiger partial charge >= 0.3 is 6.09 Å². The summed E-state index contributed by atoms with van der Waals surface area (Å²) in [7, 11) is 0. The number of benzene rings is 2. The fourth-order valence-electron chi connectivity index (χ4n) is 5.91. The summed E-state index contributed by atoms with van der Waals surface area (Å²) >= 11 is 6.28. The number of piperidine rings is 3. The molecule has 0 radical (unpaired) electrons. The minimum Gasteiger partial charge on any atom is -0.489 e. The van der Waals surface area contributed by atoms with Crippen LogP contribution in [0.3, 0.4) is 0 Å². The van der Waals surface area contributed by atoms with Crippen molar-refractivity contribution in [3.05, 3.63) is 52.3 Å². The van der Waals surface area contributed by atoms with Gasteiger partial charge in [0.05, 0.1) is 17.2 Å². The molecule has 3 fully saturated rings. The Morgan fingerprint density at radius 2 is 1.94 bits per heavy atom. The van der Waals surface area contributed by atoms with Gasteiger partial charge in [0.15, 0.2) is 0 Å². The van der Waals surface area contributed by atoms with Crippen molar-refractivity contribution in [2.45, 2.75) is 65.2 Å². The Bertz CT molecular complexity index is 1130. The van der Waals surface area contributed by atoms with E-state index in [1.54, 1.807) is 24.3 Å². The van der Waals surface area contributed by atoms with Crippen molar-refractivity contribution in [2.24, 2.45) is 11.3 Å². The standard InChI is InChI=1S/C28H34ClFN2O3/c1-16(2)34-24-12-18(5-6-22(24)29)20-11-19-14-28(3,4)26(21(19)13-23(20)30)31-27(33)35-25-15-32-9-7-17(25)8-10-32/h5-6,11-13,16-17,25-26H,7-10,14-15H2,1-4H3,(H,31,33)/t25-,26+/m1/s1. The molecule has 0 spiro atoms. The molecule has 2 bridgehead atoms. The molecule has 6 rings (SSSR count). The second-order valence-electron chi connectivity index (χ2n) is 11.2. The van der Waals surface area contributed by atoms with E-state index in [1.165, 1.54) is 0 Å². The van der Waals surface area contributed by atoms with Crippen LogP contribution in [0.4, 0.5) is 9.18 Å². The van der Waals surface area contributed by atoms with Crippen molar-refractivity contribution in [3.8, 4) is 16.9 Å². The minimum atomic E-state index is -0.410. The average molecular weight is 501 g/mol. The van der Waals surface area contributed by atoms with Gasteiger partial charge in [0, 0.05) is 12.1 Å². The molecule has 35 heavy (non-hydrogen) atoms. The quantitative estimate of drug-likeness (QED) is 0.517. The highest BCUT2D eigenvalue weighted by Gasteiger charge is 2.42. The molecule has 3 aliphatic heterocycles. The maximum Gasteiger partial charge on any atom is 0.407 e. The van der Waals surface area contributed by atoms with Crippen LogP contribution < -0.4 is 10.1 Å². The number of amides is 1. The molecule has 5 nitrogen and oxygen atoms in total. The highest BCUT2D eigenvalue weighted by Crippen LogP contribution is 2.47. The number of carbonyl (C=O) groups is 1. The zero-order valence-corrected chi connectivity index (χ0v) is 21.6. The zero-order chi connectivity index (χ0) is 24.9. The number of rotatable bonds is 5. The number of halogens is 2. The maximum atomic E-state index is 15.4. The van der Waals surface area contributed by atoms with E-state index >= 15 is 4.39 Å². The third-order valence-electron chi connectivity index (χ3n) is 7.69. The summed E-state index contributed by atoms with van der Waals surface area (Å²) in [4.78, 5) is 15.3. The summed E-state index contributed by atoms with van der Waals surface area (Å²) in [6.07, 6.45) is 2.38. The Morgan fingerprint density at radius 1 is 1.20 bits per heavy atom. The monoisotopic (exact) mass is 500 g/mol. The van der Waals surface area contributed by atoms with Crippen LogP contribution in [0.2, 0.25) is 5.02 Å². The van der Waals surface area contributed by atoms with Crippen molar-refractivity contribution in [3.63, 3.8) is 0 Å². The molecule has 2 aromatic carbocycles. The molecule has 188 valence electrons. The molecule has 7 heteroatoms. The molecule has 0 aromatic heterocycles. The molecule has 2 aromatic rings. The Kier molecular flexibility index (Phi) is 6.47. The topological polar surface area (TPSA) is 50.8 Å². The molecule has 0 saturated carbocycles. The first-order valence-electron chi connectivity index (χ1n) is 12.6. The van der Waals surface area contributed by atoms with Gasteiger partial charge in [-0.1, -0.05) is 31.5 Å². The van der Waals surface area contributed by atoms with Crippen LogP contribution in [-0.2, 0) is 11.2 Å². The first kappa shape index (κ1) is 24.4. The van der Waals surface area contributed by atoms with E-state index in [2.05, 4.69) is 24.1 Å². The van der Waals surface area contributed by atoms with E-state index in [-0.39, 0.29) is 29.5 Å². The fraction of sp³-hybridized carbons (Fsp3) is 0.536. The number of fused-ring (bicyclic) bond motifs is 4. The lowest BCUT2D eigenvalue weighted by Gasteiger charge is -2.44.